The van der Waals surface area contributed by atoms with Gasteiger partial charge in [-0.05, 0) is 38.4 Å². The molecule has 0 aliphatic carbocycles. The van der Waals surface area contributed by atoms with E-state index in [4.69, 9.17) is 34.4 Å². The Morgan fingerprint density at radius 3 is 1.74 bits per heavy atom. The number of carboxylic acid groups (broad SMARTS) is 3. The Balaban J connectivity index is 0.000000690. The van der Waals surface area contributed by atoms with Gasteiger partial charge in [-0.15, -0.1) is 11.3 Å². The van der Waals surface area contributed by atoms with E-state index in [0.717, 1.165) is 26.2 Å². The first-order valence-corrected chi connectivity index (χ1v) is 13.1. The summed E-state index contributed by atoms with van der Waals surface area (Å²) in [4.78, 5) is 35.7. The molecule has 10 nitrogen and oxygen atoms in total. The van der Waals surface area contributed by atoms with Crippen LogP contribution in [0.15, 0.2) is 17.5 Å². The van der Waals surface area contributed by atoms with Crippen LogP contribution in [-0.4, -0.2) is 132 Å². The number of alkyl halides is 9. The molecule has 3 rings (SSSR count). The maximum atomic E-state index is 10.6. The van der Waals surface area contributed by atoms with Gasteiger partial charge in [0, 0.05) is 50.2 Å². The van der Waals surface area contributed by atoms with Gasteiger partial charge >= 0.3 is 36.4 Å². The SMILES string of the molecule is CN(C)CCN1CCOC2CCN(Cc3cccs3)CCC21.O=C(O)C(F)(F)F.O=C(O)C(F)(F)F.O=C(O)C(F)(F)F. The molecule has 2 atom stereocenters. The van der Waals surface area contributed by atoms with Gasteiger partial charge in [0.05, 0.1) is 12.7 Å². The van der Waals surface area contributed by atoms with E-state index >= 15 is 0 Å². The molecular weight excluding hydrogens is 633 g/mol. The van der Waals surface area contributed by atoms with Gasteiger partial charge in [-0.2, -0.15) is 39.5 Å². The molecule has 3 heterocycles. The third kappa shape index (κ3) is 17.9. The highest BCUT2D eigenvalue weighted by molar-refractivity contribution is 7.09. The zero-order valence-corrected chi connectivity index (χ0v) is 23.7. The van der Waals surface area contributed by atoms with E-state index in [1.807, 2.05) is 11.3 Å². The van der Waals surface area contributed by atoms with Crippen LogP contribution in [0.5, 0.6) is 0 Å². The van der Waals surface area contributed by atoms with Gasteiger partial charge in [-0.25, -0.2) is 14.4 Å². The number of hydrogen-bond donors (Lipinski definition) is 3. The summed E-state index contributed by atoms with van der Waals surface area (Å²) < 4.78 is 101. The molecule has 2 aliphatic heterocycles. The van der Waals surface area contributed by atoms with Crippen molar-refractivity contribution in [2.45, 2.75) is 50.1 Å². The number of fused-ring (bicyclic) bond motifs is 1. The first-order valence-electron chi connectivity index (χ1n) is 12.2. The molecule has 0 saturated carbocycles. The van der Waals surface area contributed by atoms with Crippen molar-refractivity contribution in [2.24, 2.45) is 0 Å². The molecule has 2 saturated heterocycles. The van der Waals surface area contributed by atoms with Gasteiger partial charge in [0.1, 0.15) is 0 Å². The summed E-state index contributed by atoms with van der Waals surface area (Å²) in [6.45, 7) is 7.78. The second kappa shape index (κ2) is 18.2. The lowest BCUT2D eigenvalue weighted by Crippen LogP contribution is -2.52. The van der Waals surface area contributed by atoms with Crippen molar-refractivity contribution in [2.75, 3.05) is 53.4 Å². The number of carbonyl (C=O) groups is 3. The fourth-order valence-corrected chi connectivity index (χ4v) is 4.35. The number of aliphatic carboxylic acids is 3. The molecule has 43 heavy (non-hydrogen) atoms. The van der Waals surface area contributed by atoms with Gasteiger partial charge in [-0.3, -0.25) is 9.80 Å². The number of nitrogens with zero attached hydrogens (tertiary/aromatic N) is 3. The summed E-state index contributed by atoms with van der Waals surface area (Å²) in [6.07, 6.45) is -12.4. The van der Waals surface area contributed by atoms with Crippen LogP contribution >= 0.6 is 11.3 Å². The number of likely N-dealkylation sites (N-methyl/N-ethyl adjacent to an activating group) is 1. The molecule has 0 radical (unpaired) electrons. The topological polar surface area (TPSA) is 131 Å². The Bertz CT molecular complexity index is 918. The first kappa shape index (κ1) is 40.3. The number of halogens is 9. The second-order valence-electron chi connectivity index (χ2n) is 9.16. The normalized spacial score (nSPS) is 19.7. The van der Waals surface area contributed by atoms with Crippen LogP contribution in [0.3, 0.4) is 0 Å². The molecule has 0 amide bonds. The van der Waals surface area contributed by atoms with Crippen molar-refractivity contribution in [1.29, 1.82) is 0 Å². The van der Waals surface area contributed by atoms with E-state index in [1.54, 1.807) is 0 Å². The van der Waals surface area contributed by atoms with Crippen LogP contribution < -0.4 is 0 Å². The smallest absolute Gasteiger partial charge is 0.475 e. The van der Waals surface area contributed by atoms with Gasteiger partial charge in [0.25, 0.3) is 0 Å². The van der Waals surface area contributed by atoms with E-state index in [-0.39, 0.29) is 0 Å². The highest BCUT2D eigenvalue weighted by Gasteiger charge is 2.39. The van der Waals surface area contributed by atoms with Gasteiger partial charge in [0.15, 0.2) is 0 Å². The molecule has 3 N–H and O–H groups in total. The molecule has 0 aromatic carbocycles. The van der Waals surface area contributed by atoms with Crippen LogP contribution in [0.4, 0.5) is 39.5 Å². The molecule has 250 valence electrons. The summed E-state index contributed by atoms with van der Waals surface area (Å²) in [7, 11) is 4.32. The van der Waals surface area contributed by atoms with Crippen LogP contribution in [0.2, 0.25) is 0 Å². The maximum Gasteiger partial charge on any atom is 0.490 e. The van der Waals surface area contributed by atoms with E-state index in [0.29, 0.717) is 12.1 Å². The largest absolute Gasteiger partial charge is 0.490 e. The first-order chi connectivity index (χ1) is 19.6. The van der Waals surface area contributed by atoms with E-state index < -0.39 is 36.4 Å². The third-order valence-electron chi connectivity index (χ3n) is 5.60. The quantitative estimate of drug-likeness (QED) is 0.399. The Morgan fingerprint density at radius 2 is 1.35 bits per heavy atom. The average molecular weight is 666 g/mol. The molecule has 0 bridgehead atoms. The minimum Gasteiger partial charge on any atom is -0.475 e. The van der Waals surface area contributed by atoms with Crippen LogP contribution in [0.25, 0.3) is 0 Å². The Labute approximate surface area is 244 Å². The van der Waals surface area contributed by atoms with E-state index in [9.17, 15) is 39.5 Å². The highest BCUT2D eigenvalue weighted by atomic mass is 32.1. The predicted molar refractivity (Wildman–Crippen MR) is 134 cm³/mol. The third-order valence-corrected chi connectivity index (χ3v) is 6.46. The molecule has 1 aromatic rings. The number of hydrogen-bond acceptors (Lipinski definition) is 8. The lowest BCUT2D eigenvalue weighted by Gasteiger charge is -2.40. The Morgan fingerprint density at radius 1 is 0.884 bits per heavy atom. The molecule has 2 aliphatic rings. The van der Waals surface area contributed by atoms with E-state index in [1.165, 1.54) is 37.4 Å². The zero-order chi connectivity index (χ0) is 33.6. The maximum absolute atomic E-state index is 10.6. The minimum absolute atomic E-state index is 0.434. The van der Waals surface area contributed by atoms with Gasteiger partial charge < -0.3 is 25.0 Å². The predicted octanol–water partition coefficient (Wildman–Crippen LogP) is 3.87. The van der Waals surface area contributed by atoms with Crippen LogP contribution in [0.1, 0.15) is 17.7 Å². The molecule has 20 heteroatoms. The van der Waals surface area contributed by atoms with Crippen LogP contribution in [0, 0.1) is 0 Å². The zero-order valence-electron chi connectivity index (χ0n) is 22.9. The summed E-state index contributed by atoms with van der Waals surface area (Å²) in [5, 5.41) is 23.6. The fraction of sp³-hybridized carbons (Fsp3) is 0.696. The molecule has 1 aromatic heterocycles. The number of rotatable bonds is 5. The average Bonchev–Trinajstić information content (AvgIpc) is 3.28. The fourth-order valence-electron chi connectivity index (χ4n) is 3.60. The van der Waals surface area contributed by atoms with Crippen molar-refractivity contribution in [3.63, 3.8) is 0 Å². The number of morpholine rings is 1. The van der Waals surface area contributed by atoms with Crippen molar-refractivity contribution in [3.8, 4) is 0 Å². The molecule has 2 fully saturated rings. The Kier molecular flexibility index (Phi) is 17.1. The van der Waals surface area contributed by atoms with Crippen molar-refractivity contribution in [1.82, 2.24) is 14.7 Å². The molecule has 2 unspecified atom stereocenters. The number of ether oxygens (including phenoxy) is 1. The summed E-state index contributed by atoms with van der Waals surface area (Å²) >= 11 is 1.87. The van der Waals surface area contributed by atoms with Crippen LogP contribution in [-0.2, 0) is 25.7 Å². The Hall–Kier alpha value is -2.68. The van der Waals surface area contributed by atoms with Crippen molar-refractivity contribution < 1.29 is 74.0 Å². The van der Waals surface area contributed by atoms with E-state index in [2.05, 4.69) is 46.3 Å². The number of carboxylic acids is 3. The molecule has 0 spiro atoms. The second-order valence-corrected chi connectivity index (χ2v) is 10.2. The monoisotopic (exact) mass is 665 g/mol. The lowest BCUT2D eigenvalue weighted by molar-refractivity contribution is -0.193. The minimum atomic E-state index is -5.08. The summed E-state index contributed by atoms with van der Waals surface area (Å²) in [5.74, 6) is -8.27. The van der Waals surface area contributed by atoms with Gasteiger partial charge in [0.2, 0.25) is 0 Å². The van der Waals surface area contributed by atoms with Gasteiger partial charge in [-0.1, -0.05) is 6.07 Å². The standard InChI is InChI=1S/C17H29N3OS.3C2HF3O2/c1-18(2)9-10-20-11-12-21-17-6-8-19(7-5-16(17)20)14-15-4-3-13-22-15;3*3-2(4,5)1(6)7/h3-4,13,16-17H,5-12,14H2,1-2H3;3*(H,6,7). The highest BCUT2D eigenvalue weighted by Crippen LogP contribution is 2.25. The molecular formula is C23H32F9N3O7S. The summed E-state index contributed by atoms with van der Waals surface area (Å²) in [6, 6.07) is 5.02. The number of likely N-dealkylation sites (tertiary alicyclic amines) is 1. The van der Waals surface area contributed by atoms with Crippen molar-refractivity contribution >= 4 is 29.2 Å². The summed E-state index contributed by atoms with van der Waals surface area (Å²) in [5.41, 5.74) is 0. The number of thiophene rings is 1. The lowest BCUT2D eigenvalue weighted by atomic mass is 10.0. The van der Waals surface area contributed by atoms with Crippen molar-refractivity contribution in [3.05, 3.63) is 22.4 Å².